The minimum Gasteiger partial charge on any atom is -0.369 e. The lowest BCUT2D eigenvalue weighted by Crippen LogP contribution is -2.48. The maximum atomic E-state index is 11.4. The van der Waals surface area contributed by atoms with Crippen LogP contribution in [0.1, 0.15) is 38.5 Å². The van der Waals surface area contributed by atoms with Crippen molar-refractivity contribution in [3.8, 4) is 0 Å². The molecule has 3 fully saturated rings. The Labute approximate surface area is 109 Å². The van der Waals surface area contributed by atoms with Gasteiger partial charge in [-0.25, -0.2) is 0 Å². The minimum atomic E-state index is -0.0755. The standard InChI is InChI=1S/C14H25N3O/c15-14(18)11-7-12-1-2-13(8-11)17(12)9-10-3-5-16-6-4-10/h10-13,16H,1-9H2,(H2,15,18). The predicted octanol–water partition coefficient (Wildman–Crippen LogP) is 0.714. The highest BCUT2D eigenvalue weighted by Crippen LogP contribution is 2.39. The number of nitrogens with two attached hydrogens (primary N) is 1. The lowest BCUT2D eigenvalue weighted by Gasteiger charge is -2.40. The van der Waals surface area contributed by atoms with Crippen LogP contribution in [0.4, 0.5) is 0 Å². The van der Waals surface area contributed by atoms with Crippen molar-refractivity contribution in [3.63, 3.8) is 0 Å². The Balaban J connectivity index is 1.59. The summed E-state index contributed by atoms with van der Waals surface area (Å²) in [6, 6.07) is 1.27. The van der Waals surface area contributed by atoms with Gasteiger partial charge in [0.05, 0.1) is 0 Å². The molecule has 18 heavy (non-hydrogen) atoms. The molecule has 0 radical (unpaired) electrons. The van der Waals surface area contributed by atoms with Gasteiger partial charge in [0.2, 0.25) is 5.91 Å². The molecule has 3 heterocycles. The summed E-state index contributed by atoms with van der Waals surface area (Å²) in [5.74, 6) is 0.930. The molecular weight excluding hydrogens is 226 g/mol. The van der Waals surface area contributed by atoms with Crippen LogP contribution in [0, 0.1) is 11.8 Å². The normalized spacial score (nSPS) is 37.9. The van der Waals surface area contributed by atoms with E-state index in [1.807, 2.05) is 0 Å². The molecule has 4 heteroatoms. The zero-order valence-corrected chi connectivity index (χ0v) is 11.1. The van der Waals surface area contributed by atoms with Crippen LogP contribution < -0.4 is 11.1 Å². The molecule has 102 valence electrons. The predicted molar refractivity (Wildman–Crippen MR) is 71.0 cm³/mol. The Hall–Kier alpha value is -0.610. The Kier molecular flexibility index (Phi) is 3.57. The van der Waals surface area contributed by atoms with Gasteiger partial charge < -0.3 is 11.1 Å². The summed E-state index contributed by atoms with van der Waals surface area (Å²) in [6.45, 7) is 3.61. The third-order valence-corrected chi connectivity index (χ3v) is 5.21. The first-order chi connectivity index (χ1) is 8.74. The fraction of sp³-hybridized carbons (Fsp3) is 0.929. The number of hydrogen-bond donors (Lipinski definition) is 2. The van der Waals surface area contributed by atoms with E-state index < -0.39 is 0 Å². The largest absolute Gasteiger partial charge is 0.369 e. The number of hydrogen-bond acceptors (Lipinski definition) is 3. The first kappa shape index (κ1) is 12.4. The number of carbonyl (C=O) groups is 1. The van der Waals surface area contributed by atoms with Gasteiger partial charge in [0.1, 0.15) is 0 Å². The Morgan fingerprint density at radius 1 is 1.11 bits per heavy atom. The molecule has 2 unspecified atom stereocenters. The second-order valence-electron chi connectivity index (χ2n) is 6.35. The molecule has 0 aromatic rings. The number of rotatable bonds is 3. The smallest absolute Gasteiger partial charge is 0.220 e. The zero-order valence-electron chi connectivity index (χ0n) is 11.1. The number of piperidine rings is 2. The summed E-state index contributed by atoms with van der Waals surface area (Å²) in [5.41, 5.74) is 5.48. The van der Waals surface area contributed by atoms with E-state index in [-0.39, 0.29) is 11.8 Å². The Morgan fingerprint density at radius 2 is 1.72 bits per heavy atom. The maximum Gasteiger partial charge on any atom is 0.220 e. The molecule has 2 bridgehead atoms. The monoisotopic (exact) mass is 251 g/mol. The molecule has 4 nitrogen and oxygen atoms in total. The molecule has 3 N–H and O–H groups in total. The molecule has 0 spiro atoms. The zero-order chi connectivity index (χ0) is 12.5. The highest BCUT2D eigenvalue weighted by Gasteiger charge is 2.42. The summed E-state index contributed by atoms with van der Waals surface area (Å²) in [4.78, 5) is 14.1. The summed E-state index contributed by atoms with van der Waals surface area (Å²) in [6.07, 6.45) is 7.21. The van der Waals surface area contributed by atoms with Gasteiger partial charge in [0, 0.05) is 24.5 Å². The quantitative estimate of drug-likeness (QED) is 0.777. The van der Waals surface area contributed by atoms with Crippen LogP contribution in [0.5, 0.6) is 0 Å². The van der Waals surface area contributed by atoms with Crippen LogP contribution in [0.2, 0.25) is 0 Å². The van der Waals surface area contributed by atoms with E-state index in [0.717, 1.165) is 18.8 Å². The lowest BCUT2D eigenvalue weighted by molar-refractivity contribution is -0.124. The van der Waals surface area contributed by atoms with Crippen molar-refractivity contribution in [1.29, 1.82) is 0 Å². The van der Waals surface area contributed by atoms with Crippen molar-refractivity contribution in [3.05, 3.63) is 0 Å². The van der Waals surface area contributed by atoms with Gasteiger partial charge >= 0.3 is 0 Å². The molecule has 0 saturated carbocycles. The third kappa shape index (κ3) is 2.41. The summed E-state index contributed by atoms with van der Waals surface area (Å²) in [5, 5.41) is 3.43. The van der Waals surface area contributed by atoms with Crippen molar-refractivity contribution >= 4 is 5.91 Å². The van der Waals surface area contributed by atoms with E-state index in [9.17, 15) is 4.79 Å². The van der Waals surface area contributed by atoms with Crippen molar-refractivity contribution in [2.45, 2.75) is 50.6 Å². The molecule has 3 rings (SSSR count). The van der Waals surface area contributed by atoms with Crippen molar-refractivity contribution in [2.24, 2.45) is 17.6 Å². The lowest BCUT2D eigenvalue weighted by atomic mass is 9.88. The molecule has 0 aromatic heterocycles. The Morgan fingerprint density at radius 3 is 2.28 bits per heavy atom. The van der Waals surface area contributed by atoms with Crippen LogP contribution >= 0.6 is 0 Å². The minimum absolute atomic E-state index is 0.0755. The molecule has 3 aliphatic rings. The molecule has 2 atom stereocenters. The van der Waals surface area contributed by atoms with Crippen molar-refractivity contribution in [2.75, 3.05) is 19.6 Å². The second-order valence-corrected chi connectivity index (χ2v) is 6.35. The summed E-state index contributed by atoms with van der Waals surface area (Å²) >= 11 is 0. The van der Waals surface area contributed by atoms with Crippen LogP contribution in [-0.2, 0) is 4.79 Å². The van der Waals surface area contributed by atoms with Gasteiger partial charge in [-0.2, -0.15) is 0 Å². The van der Waals surface area contributed by atoms with E-state index in [0.29, 0.717) is 12.1 Å². The second kappa shape index (κ2) is 5.17. The molecule has 0 aliphatic carbocycles. The maximum absolute atomic E-state index is 11.4. The topological polar surface area (TPSA) is 58.4 Å². The first-order valence-corrected chi connectivity index (χ1v) is 7.50. The third-order valence-electron chi connectivity index (χ3n) is 5.21. The van der Waals surface area contributed by atoms with Crippen LogP contribution in [0.25, 0.3) is 0 Å². The van der Waals surface area contributed by atoms with E-state index in [2.05, 4.69) is 10.2 Å². The number of nitrogens with zero attached hydrogens (tertiary/aromatic N) is 1. The van der Waals surface area contributed by atoms with E-state index in [1.165, 1.54) is 45.3 Å². The van der Waals surface area contributed by atoms with Crippen LogP contribution in [0.15, 0.2) is 0 Å². The van der Waals surface area contributed by atoms with Gasteiger partial charge in [-0.15, -0.1) is 0 Å². The van der Waals surface area contributed by atoms with E-state index >= 15 is 0 Å². The SMILES string of the molecule is NC(=O)C1CC2CCC(C1)N2CC1CCNCC1. The van der Waals surface area contributed by atoms with E-state index in [4.69, 9.17) is 5.73 Å². The van der Waals surface area contributed by atoms with Crippen LogP contribution in [-0.4, -0.2) is 42.5 Å². The van der Waals surface area contributed by atoms with Gasteiger partial charge in [-0.05, 0) is 57.5 Å². The highest BCUT2D eigenvalue weighted by molar-refractivity contribution is 5.76. The number of carbonyl (C=O) groups excluding carboxylic acids is 1. The number of amides is 1. The van der Waals surface area contributed by atoms with Crippen molar-refractivity contribution < 1.29 is 4.79 Å². The Bertz CT molecular complexity index is 300. The average molecular weight is 251 g/mol. The average Bonchev–Trinajstić information content (AvgIpc) is 2.62. The number of nitrogens with one attached hydrogen (secondary N) is 1. The number of fused-ring (bicyclic) bond motifs is 2. The van der Waals surface area contributed by atoms with E-state index in [1.54, 1.807) is 0 Å². The number of primary amides is 1. The van der Waals surface area contributed by atoms with Crippen molar-refractivity contribution in [1.82, 2.24) is 10.2 Å². The van der Waals surface area contributed by atoms with Gasteiger partial charge in [-0.1, -0.05) is 0 Å². The molecule has 0 aromatic carbocycles. The fourth-order valence-electron chi connectivity index (χ4n) is 4.17. The molecular formula is C14H25N3O. The van der Waals surface area contributed by atoms with Crippen LogP contribution in [0.3, 0.4) is 0 Å². The van der Waals surface area contributed by atoms with Gasteiger partial charge in [0.15, 0.2) is 0 Å². The highest BCUT2D eigenvalue weighted by atomic mass is 16.1. The van der Waals surface area contributed by atoms with Gasteiger partial charge in [-0.3, -0.25) is 9.69 Å². The molecule has 3 aliphatic heterocycles. The summed E-state index contributed by atoms with van der Waals surface area (Å²) < 4.78 is 0. The molecule has 1 amide bonds. The fourth-order valence-corrected chi connectivity index (χ4v) is 4.17. The molecule has 3 saturated heterocycles. The first-order valence-electron chi connectivity index (χ1n) is 7.50. The van der Waals surface area contributed by atoms with Gasteiger partial charge in [0.25, 0.3) is 0 Å². The summed E-state index contributed by atoms with van der Waals surface area (Å²) in [7, 11) is 0.